The van der Waals surface area contributed by atoms with Gasteiger partial charge in [-0.1, -0.05) is 96.5 Å². The van der Waals surface area contributed by atoms with Crippen LogP contribution in [-0.4, -0.2) is 14.5 Å². The number of para-hydroxylation sites is 1. The van der Waals surface area contributed by atoms with Crippen LogP contribution in [0.4, 0.5) is 0 Å². The fourth-order valence-corrected chi connectivity index (χ4v) is 5.78. The first-order valence-corrected chi connectivity index (χ1v) is 13.0. The average molecular weight is 506 g/mol. The molecule has 0 aliphatic rings. The van der Waals surface area contributed by atoms with Crippen LogP contribution in [0, 0.1) is 0 Å². The summed E-state index contributed by atoms with van der Waals surface area (Å²) in [5.74, 6) is 0.629. The molecule has 0 saturated carbocycles. The molecule has 6 aromatic carbocycles. The summed E-state index contributed by atoms with van der Waals surface area (Å²) >= 11 is 6.53. The minimum atomic E-state index is 0.629. The van der Waals surface area contributed by atoms with Gasteiger partial charge in [-0.25, -0.2) is 9.97 Å². The van der Waals surface area contributed by atoms with Crippen LogP contribution >= 0.6 is 11.6 Å². The van der Waals surface area contributed by atoms with E-state index in [4.69, 9.17) is 21.6 Å². The van der Waals surface area contributed by atoms with Crippen molar-refractivity contribution >= 4 is 65.9 Å². The van der Waals surface area contributed by atoms with Crippen LogP contribution in [0.1, 0.15) is 0 Å². The van der Waals surface area contributed by atoms with Crippen molar-refractivity contribution in [2.45, 2.75) is 0 Å². The van der Waals surface area contributed by atoms with E-state index in [1.807, 2.05) is 24.3 Å². The zero-order chi connectivity index (χ0) is 25.2. The molecule has 0 amide bonds. The number of rotatable bonds is 2. The molecule has 0 bridgehead atoms. The Hall–Kier alpha value is -4.73. The van der Waals surface area contributed by atoms with Gasteiger partial charge in [-0.2, -0.15) is 0 Å². The van der Waals surface area contributed by atoms with Crippen molar-refractivity contribution in [3.05, 3.63) is 126 Å². The second kappa shape index (κ2) is 8.14. The lowest BCUT2D eigenvalue weighted by molar-refractivity contribution is 1.01. The lowest BCUT2D eigenvalue weighted by Crippen LogP contribution is -2.03. The quantitative estimate of drug-likeness (QED) is 0.234. The summed E-state index contributed by atoms with van der Waals surface area (Å²) in [5.41, 5.74) is 4.92. The lowest BCUT2D eigenvalue weighted by Gasteiger charge is -2.12. The minimum absolute atomic E-state index is 0.629. The van der Waals surface area contributed by atoms with Crippen LogP contribution in [-0.2, 0) is 0 Å². The normalized spacial score (nSPS) is 11.8. The first-order chi connectivity index (χ1) is 18.7. The molecule has 8 aromatic rings. The molecule has 0 unspecified atom stereocenters. The van der Waals surface area contributed by atoms with Gasteiger partial charge in [0.25, 0.3) is 0 Å². The van der Waals surface area contributed by atoms with Gasteiger partial charge in [-0.3, -0.25) is 4.57 Å². The van der Waals surface area contributed by atoms with E-state index in [0.717, 1.165) is 44.0 Å². The van der Waals surface area contributed by atoms with E-state index in [2.05, 4.69) is 102 Å². The summed E-state index contributed by atoms with van der Waals surface area (Å²) in [4.78, 5) is 10.3. The highest BCUT2D eigenvalue weighted by molar-refractivity contribution is 6.31. The number of halogens is 1. The van der Waals surface area contributed by atoms with Gasteiger partial charge in [0.15, 0.2) is 0 Å². The first-order valence-electron chi connectivity index (χ1n) is 12.6. The van der Waals surface area contributed by atoms with E-state index in [9.17, 15) is 0 Å². The Morgan fingerprint density at radius 2 is 1.18 bits per heavy atom. The van der Waals surface area contributed by atoms with Crippen molar-refractivity contribution in [2.75, 3.05) is 0 Å². The third-order valence-corrected chi connectivity index (χ3v) is 7.65. The van der Waals surface area contributed by atoms with E-state index < -0.39 is 0 Å². The van der Waals surface area contributed by atoms with Gasteiger partial charge >= 0.3 is 0 Å². The summed E-state index contributed by atoms with van der Waals surface area (Å²) in [6.45, 7) is 0. The van der Waals surface area contributed by atoms with Gasteiger partial charge in [0.2, 0.25) is 5.95 Å². The molecule has 178 valence electrons. The molecule has 0 aliphatic carbocycles. The summed E-state index contributed by atoms with van der Waals surface area (Å²) in [5, 5.41) is 8.75. The van der Waals surface area contributed by atoms with Crippen LogP contribution in [0.15, 0.2) is 121 Å². The first kappa shape index (κ1) is 21.4. The lowest BCUT2D eigenvalue weighted by atomic mass is 10.0. The van der Waals surface area contributed by atoms with Gasteiger partial charge in [-0.05, 0) is 57.9 Å². The van der Waals surface area contributed by atoms with Crippen molar-refractivity contribution in [2.24, 2.45) is 0 Å². The van der Waals surface area contributed by atoms with Crippen molar-refractivity contribution in [3.8, 4) is 17.2 Å². The maximum atomic E-state index is 6.53. The number of benzene rings is 6. The standard InChI is InChI=1S/C34H20ClN3/c35-26-15-16-27-29-18-23-9-3-4-10-24(23)19-31(29)38(32(27)20-26)34-36-30-12-6-5-11-28(30)33(37-34)25-14-13-21-7-1-2-8-22(21)17-25/h1-20H. The molecule has 0 fully saturated rings. The van der Waals surface area contributed by atoms with Crippen LogP contribution in [0.5, 0.6) is 0 Å². The molecular formula is C34H20ClN3. The third kappa shape index (κ3) is 3.22. The van der Waals surface area contributed by atoms with Gasteiger partial charge < -0.3 is 0 Å². The Bertz CT molecular complexity index is 2210. The Kier molecular flexibility index (Phi) is 4.58. The highest BCUT2D eigenvalue weighted by Gasteiger charge is 2.18. The van der Waals surface area contributed by atoms with Crippen molar-refractivity contribution in [3.63, 3.8) is 0 Å². The van der Waals surface area contributed by atoms with Gasteiger partial charge in [0.05, 0.1) is 22.2 Å². The summed E-state index contributed by atoms with van der Waals surface area (Å²) in [6.07, 6.45) is 0. The zero-order valence-corrected chi connectivity index (χ0v) is 21.0. The average Bonchev–Trinajstić information content (AvgIpc) is 3.27. The van der Waals surface area contributed by atoms with E-state index in [-0.39, 0.29) is 0 Å². The molecule has 38 heavy (non-hydrogen) atoms. The fourth-order valence-electron chi connectivity index (χ4n) is 5.61. The second-order valence-corrected chi connectivity index (χ2v) is 10.1. The van der Waals surface area contributed by atoms with Crippen LogP contribution in [0.2, 0.25) is 5.02 Å². The smallest absolute Gasteiger partial charge is 0.235 e. The molecule has 4 heteroatoms. The molecule has 2 heterocycles. The van der Waals surface area contributed by atoms with Crippen molar-refractivity contribution < 1.29 is 0 Å². The van der Waals surface area contributed by atoms with Crippen molar-refractivity contribution in [1.29, 1.82) is 0 Å². The predicted octanol–water partition coefficient (Wildman–Crippen LogP) is 9.35. The number of nitrogens with zero attached hydrogens (tertiary/aromatic N) is 3. The largest absolute Gasteiger partial charge is 0.278 e. The maximum Gasteiger partial charge on any atom is 0.235 e. The monoisotopic (exact) mass is 505 g/mol. The maximum absolute atomic E-state index is 6.53. The Labute approximate surface area is 223 Å². The highest BCUT2D eigenvalue weighted by Crippen LogP contribution is 2.37. The molecular weight excluding hydrogens is 486 g/mol. The molecule has 8 rings (SSSR count). The van der Waals surface area contributed by atoms with Crippen LogP contribution in [0.25, 0.3) is 71.5 Å². The molecule has 0 saturated heterocycles. The van der Waals surface area contributed by atoms with Crippen molar-refractivity contribution in [1.82, 2.24) is 14.5 Å². The summed E-state index contributed by atoms with van der Waals surface area (Å²) in [7, 11) is 0. The van der Waals surface area contributed by atoms with Gasteiger partial charge in [0, 0.05) is 26.7 Å². The van der Waals surface area contributed by atoms with E-state index in [1.54, 1.807) is 0 Å². The Morgan fingerprint density at radius 3 is 2.03 bits per heavy atom. The minimum Gasteiger partial charge on any atom is -0.278 e. The Balaban J connectivity index is 1.49. The highest BCUT2D eigenvalue weighted by atomic mass is 35.5. The Morgan fingerprint density at radius 1 is 0.500 bits per heavy atom. The predicted molar refractivity (Wildman–Crippen MR) is 159 cm³/mol. The van der Waals surface area contributed by atoms with E-state index in [0.29, 0.717) is 11.0 Å². The zero-order valence-electron chi connectivity index (χ0n) is 20.3. The molecule has 3 nitrogen and oxygen atoms in total. The molecule has 0 atom stereocenters. The molecule has 0 N–H and O–H groups in total. The second-order valence-electron chi connectivity index (χ2n) is 9.66. The van der Waals surface area contributed by atoms with Gasteiger partial charge in [0.1, 0.15) is 0 Å². The molecule has 0 aliphatic heterocycles. The number of hydrogen-bond acceptors (Lipinski definition) is 2. The summed E-state index contributed by atoms with van der Waals surface area (Å²) < 4.78 is 2.15. The summed E-state index contributed by atoms with van der Waals surface area (Å²) in [6, 6.07) is 42.1. The SMILES string of the molecule is Clc1ccc2c3cc4ccccc4cc3n(-c3nc(-c4ccc5ccccc5c4)c4ccccc4n3)c2c1. The number of aromatic nitrogens is 3. The topological polar surface area (TPSA) is 30.7 Å². The van der Waals surface area contributed by atoms with E-state index >= 15 is 0 Å². The molecule has 0 radical (unpaired) electrons. The van der Waals surface area contributed by atoms with E-state index in [1.165, 1.54) is 21.5 Å². The van der Waals surface area contributed by atoms with Crippen LogP contribution in [0.3, 0.4) is 0 Å². The third-order valence-electron chi connectivity index (χ3n) is 7.41. The fraction of sp³-hybridized carbons (Fsp3) is 0. The molecule has 2 aromatic heterocycles. The van der Waals surface area contributed by atoms with Gasteiger partial charge in [-0.15, -0.1) is 0 Å². The van der Waals surface area contributed by atoms with Crippen LogP contribution < -0.4 is 0 Å². The molecule has 0 spiro atoms. The number of fused-ring (bicyclic) bond motifs is 6. The number of hydrogen-bond donors (Lipinski definition) is 0.